The van der Waals surface area contributed by atoms with Crippen molar-refractivity contribution >= 4 is 21.8 Å². The lowest BCUT2D eigenvalue weighted by molar-refractivity contribution is 0.303. The molecule has 1 heterocycles. The molecule has 0 unspecified atom stereocenters. The summed E-state index contributed by atoms with van der Waals surface area (Å²) >= 11 is 0. The van der Waals surface area contributed by atoms with E-state index in [2.05, 4.69) is 0 Å². The Balaban J connectivity index is 2.22. The maximum atomic E-state index is 11.8. The van der Waals surface area contributed by atoms with Crippen molar-refractivity contribution in [1.82, 2.24) is 0 Å². The molecule has 4 nitrogen and oxygen atoms in total. The van der Waals surface area contributed by atoms with Gasteiger partial charge in [0, 0.05) is 13.2 Å². The molecule has 0 radical (unpaired) electrons. The van der Waals surface area contributed by atoms with Gasteiger partial charge in [0.25, 0.3) is 0 Å². The molecule has 1 aromatic rings. The fourth-order valence-electron chi connectivity index (χ4n) is 2.01. The molecular formula is C13H17NO3S. The van der Waals surface area contributed by atoms with Crippen molar-refractivity contribution in [3.8, 4) is 0 Å². The molecule has 1 N–H and O–H groups in total. The molecular weight excluding hydrogens is 250 g/mol. The molecule has 1 aliphatic rings. The summed E-state index contributed by atoms with van der Waals surface area (Å²) in [7, 11) is -3.11. The molecule has 2 rings (SSSR count). The first-order valence-corrected chi connectivity index (χ1v) is 7.62. The Morgan fingerprint density at radius 2 is 2.22 bits per heavy atom. The Morgan fingerprint density at radius 1 is 1.39 bits per heavy atom. The van der Waals surface area contributed by atoms with Gasteiger partial charge in [-0.2, -0.15) is 0 Å². The normalized spacial score (nSPS) is 18.6. The lowest BCUT2D eigenvalue weighted by atomic mass is 10.2. The van der Waals surface area contributed by atoms with Crippen molar-refractivity contribution in [2.75, 3.05) is 23.2 Å². The second-order valence-corrected chi connectivity index (χ2v) is 6.26. The standard InChI is InChI=1S/C13H17NO3S/c15-9-2-1-5-12-6-3-7-13(11-12)14-8-4-10-18(14,16)17/h1,3,5-7,11,15H,2,4,8-10H2. The quantitative estimate of drug-likeness (QED) is 0.902. The van der Waals surface area contributed by atoms with Crippen LogP contribution in [0, 0.1) is 0 Å². The molecule has 1 aromatic carbocycles. The molecule has 0 atom stereocenters. The third kappa shape index (κ3) is 2.91. The molecule has 0 aliphatic carbocycles. The second-order valence-electron chi connectivity index (χ2n) is 4.25. The summed E-state index contributed by atoms with van der Waals surface area (Å²) in [5.41, 5.74) is 1.67. The fourth-order valence-corrected chi connectivity index (χ4v) is 3.56. The first-order chi connectivity index (χ1) is 8.63. The van der Waals surface area contributed by atoms with Gasteiger partial charge >= 0.3 is 0 Å². The first kappa shape index (κ1) is 13.1. The van der Waals surface area contributed by atoms with Gasteiger partial charge in [0.2, 0.25) is 10.0 Å². The van der Waals surface area contributed by atoms with E-state index in [1.165, 1.54) is 4.31 Å². The number of anilines is 1. The van der Waals surface area contributed by atoms with E-state index in [9.17, 15) is 8.42 Å². The summed E-state index contributed by atoms with van der Waals surface area (Å²) < 4.78 is 25.1. The minimum Gasteiger partial charge on any atom is -0.396 e. The van der Waals surface area contributed by atoms with Gasteiger partial charge in [0.05, 0.1) is 11.4 Å². The highest BCUT2D eigenvalue weighted by atomic mass is 32.2. The molecule has 5 heteroatoms. The van der Waals surface area contributed by atoms with Crippen molar-refractivity contribution in [1.29, 1.82) is 0 Å². The van der Waals surface area contributed by atoms with Crippen LogP contribution < -0.4 is 4.31 Å². The van der Waals surface area contributed by atoms with Crippen LogP contribution in [-0.2, 0) is 10.0 Å². The number of nitrogens with zero attached hydrogens (tertiary/aromatic N) is 1. The van der Waals surface area contributed by atoms with E-state index in [1.54, 1.807) is 0 Å². The Hall–Kier alpha value is -1.33. The summed E-state index contributed by atoms with van der Waals surface area (Å²) in [6.45, 7) is 0.683. The van der Waals surface area contributed by atoms with Gasteiger partial charge in [-0.3, -0.25) is 4.31 Å². The first-order valence-electron chi connectivity index (χ1n) is 6.01. The van der Waals surface area contributed by atoms with Crippen LogP contribution in [0.25, 0.3) is 6.08 Å². The number of aliphatic hydroxyl groups excluding tert-OH is 1. The predicted molar refractivity (Wildman–Crippen MR) is 72.9 cm³/mol. The van der Waals surface area contributed by atoms with Crippen molar-refractivity contribution < 1.29 is 13.5 Å². The average Bonchev–Trinajstić information content (AvgIpc) is 2.70. The third-order valence-electron chi connectivity index (χ3n) is 2.86. The average molecular weight is 267 g/mol. The Morgan fingerprint density at radius 3 is 2.89 bits per heavy atom. The van der Waals surface area contributed by atoms with E-state index in [-0.39, 0.29) is 12.4 Å². The minimum absolute atomic E-state index is 0.122. The van der Waals surface area contributed by atoms with E-state index >= 15 is 0 Å². The minimum atomic E-state index is -3.11. The summed E-state index contributed by atoms with van der Waals surface area (Å²) in [5.74, 6) is 0.234. The zero-order valence-corrected chi connectivity index (χ0v) is 10.9. The molecule has 0 aromatic heterocycles. The summed E-state index contributed by atoms with van der Waals surface area (Å²) in [4.78, 5) is 0. The third-order valence-corrected chi connectivity index (χ3v) is 4.73. The molecule has 0 spiro atoms. The predicted octanol–water partition coefficient (Wildman–Crippen LogP) is 1.62. The molecule has 98 valence electrons. The van der Waals surface area contributed by atoms with Crippen LogP contribution in [0.4, 0.5) is 5.69 Å². The van der Waals surface area contributed by atoms with Crippen LogP contribution >= 0.6 is 0 Å². The lowest BCUT2D eigenvalue weighted by Crippen LogP contribution is -2.24. The maximum absolute atomic E-state index is 11.8. The van der Waals surface area contributed by atoms with Crippen LogP contribution in [0.15, 0.2) is 30.3 Å². The second kappa shape index (κ2) is 5.54. The van der Waals surface area contributed by atoms with Gasteiger partial charge in [-0.1, -0.05) is 24.3 Å². The van der Waals surface area contributed by atoms with E-state index in [4.69, 9.17) is 5.11 Å². The molecule has 1 saturated heterocycles. The largest absolute Gasteiger partial charge is 0.396 e. The summed E-state index contributed by atoms with van der Waals surface area (Å²) in [6, 6.07) is 7.44. The molecule has 1 fully saturated rings. The van der Waals surface area contributed by atoms with Crippen LogP contribution in [0.3, 0.4) is 0 Å². The lowest BCUT2D eigenvalue weighted by Gasteiger charge is -2.17. The topological polar surface area (TPSA) is 57.6 Å². The van der Waals surface area contributed by atoms with Crippen molar-refractivity contribution in [3.63, 3.8) is 0 Å². The fraction of sp³-hybridized carbons (Fsp3) is 0.385. The highest BCUT2D eigenvalue weighted by Gasteiger charge is 2.28. The van der Waals surface area contributed by atoms with E-state index in [1.807, 2.05) is 36.4 Å². The van der Waals surface area contributed by atoms with Crippen molar-refractivity contribution in [2.24, 2.45) is 0 Å². The van der Waals surface area contributed by atoms with Crippen molar-refractivity contribution in [3.05, 3.63) is 35.9 Å². The Kier molecular flexibility index (Phi) is 4.04. The monoisotopic (exact) mass is 267 g/mol. The van der Waals surface area contributed by atoms with Gasteiger partial charge in [-0.05, 0) is 30.5 Å². The molecule has 0 bridgehead atoms. The summed E-state index contributed by atoms with van der Waals surface area (Å²) in [5, 5.41) is 8.70. The summed E-state index contributed by atoms with van der Waals surface area (Å²) in [6.07, 6.45) is 5.05. The smallest absolute Gasteiger partial charge is 0.235 e. The van der Waals surface area contributed by atoms with Gasteiger partial charge in [0.1, 0.15) is 0 Å². The van der Waals surface area contributed by atoms with Crippen LogP contribution in [0.1, 0.15) is 18.4 Å². The highest BCUT2D eigenvalue weighted by molar-refractivity contribution is 7.93. The number of hydrogen-bond donors (Lipinski definition) is 1. The molecule has 0 amide bonds. The van der Waals surface area contributed by atoms with Gasteiger partial charge in [0.15, 0.2) is 0 Å². The Bertz CT molecular complexity index is 537. The number of rotatable bonds is 4. The van der Waals surface area contributed by atoms with Crippen LogP contribution in [-0.4, -0.2) is 32.4 Å². The zero-order valence-electron chi connectivity index (χ0n) is 10.1. The maximum Gasteiger partial charge on any atom is 0.235 e. The number of benzene rings is 1. The van der Waals surface area contributed by atoms with E-state index in [0.29, 0.717) is 19.4 Å². The van der Waals surface area contributed by atoms with Crippen LogP contribution in [0.2, 0.25) is 0 Å². The zero-order chi connectivity index (χ0) is 13.0. The van der Waals surface area contributed by atoms with E-state index in [0.717, 1.165) is 11.3 Å². The van der Waals surface area contributed by atoms with E-state index < -0.39 is 10.0 Å². The Labute approximate surface area is 108 Å². The van der Waals surface area contributed by atoms with Gasteiger partial charge in [-0.15, -0.1) is 0 Å². The number of sulfonamides is 1. The molecule has 0 saturated carbocycles. The van der Waals surface area contributed by atoms with Gasteiger partial charge in [-0.25, -0.2) is 8.42 Å². The number of hydrogen-bond acceptors (Lipinski definition) is 3. The highest BCUT2D eigenvalue weighted by Crippen LogP contribution is 2.25. The SMILES string of the molecule is O=S1(=O)CCCN1c1cccc(C=CCCO)c1. The molecule has 1 aliphatic heterocycles. The number of aliphatic hydroxyl groups is 1. The van der Waals surface area contributed by atoms with Crippen molar-refractivity contribution in [2.45, 2.75) is 12.8 Å². The molecule has 18 heavy (non-hydrogen) atoms. The van der Waals surface area contributed by atoms with Crippen LogP contribution in [0.5, 0.6) is 0 Å². The van der Waals surface area contributed by atoms with Gasteiger partial charge < -0.3 is 5.11 Å².